The lowest BCUT2D eigenvalue weighted by molar-refractivity contribution is -0.890. The summed E-state index contributed by atoms with van der Waals surface area (Å²) in [5.41, 5.74) is 0. The molecule has 0 aliphatic rings. The van der Waals surface area contributed by atoms with Crippen LogP contribution in [0.15, 0.2) is 0 Å². The molecule has 0 saturated carbocycles. The van der Waals surface area contributed by atoms with Crippen molar-refractivity contribution in [3.8, 4) is 0 Å². The molecule has 0 radical (unpaired) electrons. The van der Waals surface area contributed by atoms with E-state index in [4.69, 9.17) is 0 Å². The van der Waals surface area contributed by atoms with Gasteiger partial charge in [0.25, 0.3) is 0 Å². The summed E-state index contributed by atoms with van der Waals surface area (Å²) in [5, 5.41) is 19.3. The van der Waals surface area contributed by atoms with Crippen molar-refractivity contribution in [2.24, 2.45) is 0 Å². The number of carboxylic acids is 2. The van der Waals surface area contributed by atoms with Crippen molar-refractivity contribution in [3.63, 3.8) is 0 Å². The Morgan fingerprint density at radius 3 is 0.618 bits per heavy atom. The molecule has 0 aliphatic carbocycles. The first-order valence-electron chi connectivity index (χ1n) is 24.4. The zero-order valence-corrected chi connectivity index (χ0v) is 39.1. The van der Waals surface area contributed by atoms with Gasteiger partial charge in [0.15, 0.2) is 0 Å². The fourth-order valence-electron chi connectivity index (χ4n) is 7.30. The van der Waals surface area contributed by atoms with Crippen LogP contribution >= 0.6 is 0 Å². The predicted octanol–water partition coefficient (Wildman–Crippen LogP) is 12.3. The summed E-state index contributed by atoms with van der Waals surface area (Å²) in [6.07, 6.45) is 45.7. The third-order valence-electron chi connectivity index (χ3n) is 11.2. The zero-order valence-electron chi connectivity index (χ0n) is 39.1. The molecule has 0 spiro atoms. The highest BCUT2D eigenvalue weighted by molar-refractivity contribution is 5.67. The summed E-state index contributed by atoms with van der Waals surface area (Å²) in [4.78, 5) is 19.3. The number of rotatable bonds is 40. The summed E-state index contributed by atoms with van der Waals surface area (Å²) in [6.45, 7) is 14.7. The van der Waals surface area contributed by atoms with Gasteiger partial charge in [0.2, 0.25) is 0 Å². The minimum atomic E-state index is -1.23. The SMILES string of the molecule is CCCCCCCCCC[N+](C)(C)CCCCCCCCCC.CCCCCCCCCC[N+](C)(C)CCCCCCCCCC.O=C([O-])CCCC(=O)[O-]. The van der Waals surface area contributed by atoms with Crippen LogP contribution in [0, 0.1) is 0 Å². The maximum atomic E-state index is 9.66. The fourth-order valence-corrected chi connectivity index (χ4v) is 7.30. The zero-order chi connectivity index (χ0) is 41.7. The van der Waals surface area contributed by atoms with E-state index in [1.807, 2.05) is 0 Å². The van der Waals surface area contributed by atoms with Gasteiger partial charge >= 0.3 is 0 Å². The van der Waals surface area contributed by atoms with Crippen LogP contribution < -0.4 is 10.2 Å². The number of carbonyl (C=O) groups is 2. The van der Waals surface area contributed by atoms with Crippen molar-refractivity contribution >= 4 is 11.9 Å². The Hall–Kier alpha value is -1.14. The summed E-state index contributed by atoms with van der Waals surface area (Å²) in [7, 11) is 9.73. The third kappa shape index (κ3) is 57.3. The fraction of sp³-hybridized carbons (Fsp3) is 0.959. The summed E-state index contributed by atoms with van der Waals surface area (Å²) >= 11 is 0. The van der Waals surface area contributed by atoms with Crippen LogP contribution in [-0.4, -0.2) is 75.3 Å². The van der Waals surface area contributed by atoms with Gasteiger partial charge in [-0.15, -0.1) is 0 Å². The number of unbranched alkanes of at least 4 members (excludes halogenated alkanes) is 28. The number of aliphatic carboxylic acids is 2. The molecule has 0 amide bonds. The monoisotopic (exact) mass is 783 g/mol. The van der Waals surface area contributed by atoms with Crippen molar-refractivity contribution in [2.45, 2.75) is 252 Å². The number of carboxylic acid groups (broad SMARTS) is 2. The molecular weight excluding hydrogens is 681 g/mol. The first-order valence-corrected chi connectivity index (χ1v) is 24.4. The highest BCUT2D eigenvalue weighted by Gasteiger charge is 2.14. The molecule has 0 saturated heterocycles. The summed E-state index contributed by atoms with van der Waals surface area (Å²) in [5.74, 6) is -2.45. The van der Waals surface area contributed by atoms with Crippen LogP contribution in [-0.2, 0) is 9.59 Å². The first-order chi connectivity index (χ1) is 26.4. The van der Waals surface area contributed by atoms with Gasteiger partial charge in [-0.3, -0.25) is 0 Å². The van der Waals surface area contributed by atoms with E-state index >= 15 is 0 Å². The van der Waals surface area contributed by atoms with Crippen LogP contribution in [0.1, 0.15) is 252 Å². The van der Waals surface area contributed by atoms with Crippen molar-refractivity contribution in [3.05, 3.63) is 0 Å². The molecule has 0 aromatic carbocycles. The lowest BCUT2D eigenvalue weighted by Crippen LogP contribution is -2.41. The van der Waals surface area contributed by atoms with E-state index in [1.165, 1.54) is 241 Å². The van der Waals surface area contributed by atoms with Crippen molar-refractivity contribution in [1.82, 2.24) is 0 Å². The minimum Gasteiger partial charge on any atom is -0.550 e. The summed E-state index contributed by atoms with van der Waals surface area (Å²) < 4.78 is 2.48. The van der Waals surface area contributed by atoms with E-state index in [-0.39, 0.29) is 19.3 Å². The van der Waals surface area contributed by atoms with E-state index in [9.17, 15) is 19.8 Å². The number of carbonyl (C=O) groups excluding carboxylic acids is 2. The molecule has 0 aromatic heterocycles. The van der Waals surface area contributed by atoms with Crippen molar-refractivity contribution < 1.29 is 28.8 Å². The second-order valence-corrected chi connectivity index (χ2v) is 18.3. The summed E-state index contributed by atoms with van der Waals surface area (Å²) in [6, 6.07) is 0. The Morgan fingerprint density at radius 1 is 0.291 bits per heavy atom. The first kappa shape index (κ1) is 58.2. The second kappa shape index (κ2) is 45.6. The average molecular weight is 783 g/mol. The third-order valence-corrected chi connectivity index (χ3v) is 11.2. The van der Waals surface area contributed by atoms with Crippen molar-refractivity contribution in [2.75, 3.05) is 54.4 Å². The smallest absolute Gasteiger partial charge is 0.0782 e. The number of hydrogen-bond donors (Lipinski definition) is 0. The van der Waals surface area contributed by atoms with E-state index in [0.717, 1.165) is 0 Å². The van der Waals surface area contributed by atoms with Gasteiger partial charge < -0.3 is 28.8 Å². The van der Waals surface area contributed by atoms with Gasteiger partial charge in [-0.1, -0.05) is 182 Å². The Kier molecular flexibility index (Phi) is 48.2. The van der Waals surface area contributed by atoms with E-state index in [0.29, 0.717) is 0 Å². The Balaban J connectivity index is -0.000000805. The molecule has 0 aromatic rings. The molecule has 332 valence electrons. The molecule has 0 bridgehead atoms. The second-order valence-electron chi connectivity index (χ2n) is 18.3. The topological polar surface area (TPSA) is 80.3 Å². The molecule has 55 heavy (non-hydrogen) atoms. The molecular formula is C49H102N2O4. The average Bonchev–Trinajstić information content (AvgIpc) is 3.13. The number of hydrogen-bond acceptors (Lipinski definition) is 4. The van der Waals surface area contributed by atoms with Crippen LogP contribution in [0.5, 0.6) is 0 Å². The highest BCUT2D eigenvalue weighted by Crippen LogP contribution is 2.15. The minimum absolute atomic E-state index is 0.0880. The normalized spacial score (nSPS) is 11.5. The lowest BCUT2D eigenvalue weighted by atomic mass is 10.1. The van der Waals surface area contributed by atoms with Gasteiger partial charge in [0, 0.05) is 11.9 Å². The van der Waals surface area contributed by atoms with Gasteiger partial charge in [-0.25, -0.2) is 0 Å². The molecule has 0 unspecified atom stereocenters. The van der Waals surface area contributed by atoms with Gasteiger partial charge in [0.1, 0.15) is 0 Å². The van der Waals surface area contributed by atoms with Crippen LogP contribution in [0.2, 0.25) is 0 Å². The van der Waals surface area contributed by atoms with Gasteiger partial charge in [0.05, 0.1) is 54.4 Å². The van der Waals surface area contributed by atoms with Crippen LogP contribution in [0.3, 0.4) is 0 Å². The van der Waals surface area contributed by atoms with E-state index in [1.54, 1.807) is 0 Å². The standard InChI is InChI=1S/2C22H48N.C5H8O4/c2*1-5-7-9-11-13-15-17-19-21-23(3,4)22-20-18-16-14-12-10-8-6-2;6-4(7)2-1-3-5(8)9/h2*5-22H2,1-4H3;1-3H2,(H,6,7)(H,8,9)/q2*+1;/p-2. The maximum absolute atomic E-state index is 9.66. The van der Waals surface area contributed by atoms with Crippen molar-refractivity contribution in [1.29, 1.82) is 0 Å². The van der Waals surface area contributed by atoms with Crippen LogP contribution in [0.25, 0.3) is 0 Å². The largest absolute Gasteiger partial charge is 0.550 e. The van der Waals surface area contributed by atoms with E-state index < -0.39 is 11.9 Å². The maximum Gasteiger partial charge on any atom is 0.0782 e. The van der Waals surface area contributed by atoms with Gasteiger partial charge in [-0.05, 0) is 70.6 Å². The molecule has 0 aliphatic heterocycles. The van der Waals surface area contributed by atoms with Gasteiger partial charge in [-0.2, -0.15) is 0 Å². The molecule has 0 atom stereocenters. The predicted molar refractivity (Wildman–Crippen MR) is 238 cm³/mol. The molecule has 0 heterocycles. The molecule has 6 heteroatoms. The number of quaternary nitrogens is 2. The van der Waals surface area contributed by atoms with Crippen LogP contribution in [0.4, 0.5) is 0 Å². The molecule has 0 rings (SSSR count). The Labute approximate surface area is 346 Å². The lowest BCUT2D eigenvalue weighted by Gasteiger charge is -2.30. The Morgan fingerprint density at radius 2 is 0.455 bits per heavy atom. The Bertz CT molecular complexity index is 664. The quantitative estimate of drug-likeness (QED) is 0.0458. The highest BCUT2D eigenvalue weighted by atomic mass is 16.4. The molecule has 6 nitrogen and oxygen atoms in total. The molecule has 0 fully saturated rings. The molecule has 0 N–H and O–H groups in total. The van der Waals surface area contributed by atoms with E-state index in [2.05, 4.69) is 55.9 Å². The number of nitrogens with zero attached hydrogens (tertiary/aromatic N) is 2.